The third kappa shape index (κ3) is 3.44. The summed E-state index contributed by atoms with van der Waals surface area (Å²) in [5.74, 6) is 0.804. The Labute approximate surface area is 159 Å². The molecular weight excluding hydrogens is 402 g/mol. The number of tetrazole rings is 1. The van der Waals surface area contributed by atoms with Crippen molar-refractivity contribution in [3.05, 3.63) is 39.5 Å². The molecule has 3 rings (SSSR count). The number of anilines is 1. The smallest absolute Gasteiger partial charge is 0.338 e. The maximum absolute atomic E-state index is 12.8. The van der Waals surface area contributed by atoms with Gasteiger partial charge < -0.3 is 14.8 Å². The number of fused-ring (bicyclic) bond motifs is 1. The van der Waals surface area contributed by atoms with Gasteiger partial charge in [-0.1, -0.05) is 24.5 Å². The van der Waals surface area contributed by atoms with Crippen molar-refractivity contribution >= 4 is 27.8 Å². The first-order chi connectivity index (χ1) is 12.6. The summed E-state index contributed by atoms with van der Waals surface area (Å²) in [6.45, 7) is 4.25. The summed E-state index contributed by atoms with van der Waals surface area (Å²) in [7, 11) is 1.60. The maximum Gasteiger partial charge on any atom is 0.338 e. The zero-order valence-corrected chi connectivity index (χ0v) is 16.4. The number of hydrogen-bond acceptors (Lipinski definition) is 7. The maximum atomic E-state index is 12.8. The van der Waals surface area contributed by atoms with Gasteiger partial charge in [0.25, 0.3) is 0 Å². The monoisotopic (exact) mass is 421 g/mol. The van der Waals surface area contributed by atoms with Crippen molar-refractivity contribution in [2.24, 2.45) is 0 Å². The Morgan fingerprint density at radius 2 is 2.23 bits per heavy atom. The van der Waals surface area contributed by atoms with Gasteiger partial charge in [-0.3, -0.25) is 0 Å². The summed E-state index contributed by atoms with van der Waals surface area (Å²) in [6, 6.07) is 5.13. The minimum absolute atomic E-state index is 0.374. The molecule has 1 unspecified atom stereocenters. The van der Waals surface area contributed by atoms with Crippen molar-refractivity contribution in [1.82, 2.24) is 20.2 Å². The molecule has 2 heterocycles. The molecule has 0 bridgehead atoms. The van der Waals surface area contributed by atoms with Gasteiger partial charge in [-0.25, -0.2) is 4.79 Å². The van der Waals surface area contributed by atoms with Crippen molar-refractivity contribution < 1.29 is 14.3 Å². The highest BCUT2D eigenvalue weighted by Gasteiger charge is 2.35. The highest BCUT2D eigenvalue weighted by molar-refractivity contribution is 9.10. The Kier molecular flexibility index (Phi) is 5.55. The van der Waals surface area contributed by atoms with Gasteiger partial charge in [0.2, 0.25) is 5.95 Å². The number of rotatable bonds is 6. The lowest BCUT2D eigenvalue weighted by Gasteiger charge is -2.27. The van der Waals surface area contributed by atoms with Crippen LogP contribution in [0.1, 0.15) is 38.3 Å². The second kappa shape index (κ2) is 7.86. The molecule has 0 spiro atoms. The van der Waals surface area contributed by atoms with E-state index in [4.69, 9.17) is 9.47 Å². The third-order valence-electron chi connectivity index (χ3n) is 4.16. The molecule has 0 fully saturated rings. The van der Waals surface area contributed by atoms with Gasteiger partial charge in [0.15, 0.2) is 0 Å². The van der Waals surface area contributed by atoms with Gasteiger partial charge in [0.05, 0.1) is 23.8 Å². The zero-order valence-electron chi connectivity index (χ0n) is 14.8. The minimum Gasteiger partial charge on any atom is -0.496 e. The molecule has 9 heteroatoms. The molecular formula is C17H20BrN5O3. The van der Waals surface area contributed by atoms with Crippen molar-refractivity contribution in [1.29, 1.82) is 0 Å². The van der Waals surface area contributed by atoms with Crippen LogP contribution in [-0.4, -0.2) is 39.9 Å². The van der Waals surface area contributed by atoms with E-state index >= 15 is 0 Å². The van der Waals surface area contributed by atoms with E-state index in [2.05, 4.69) is 36.8 Å². The summed E-state index contributed by atoms with van der Waals surface area (Å²) in [5, 5.41) is 14.8. The lowest BCUT2D eigenvalue weighted by atomic mass is 9.95. The second-order valence-electron chi connectivity index (χ2n) is 5.90. The summed E-state index contributed by atoms with van der Waals surface area (Å²) in [4.78, 5) is 12.8. The first-order valence-electron chi connectivity index (χ1n) is 8.33. The normalized spacial score (nSPS) is 16.1. The first-order valence-corrected chi connectivity index (χ1v) is 9.12. The van der Waals surface area contributed by atoms with E-state index in [0.29, 0.717) is 29.6 Å². The van der Waals surface area contributed by atoms with Crippen molar-refractivity contribution in [3.8, 4) is 5.75 Å². The molecule has 1 aliphatic rings. The molecule has 0 saturated heterocycles. The van der Waals surface area contributed by atoms with Gasteiger partial charge >= 0.3 is 5.97 Å². The number of carbonyl (C=O) groups is 1. The van der Waals surface area contributed by atoms with E-state index < -0.39 is 6.04 Å². The number of methoxy groups -OCH3 is 1. The number of halogens is 1. The Bertz CT molecular complexity index is 849. The Balaban J connectivity index is 2.03. The molecule has 1 aromatic heterocycles. The summed E-state index contributed by atoms with van der Waals surface area (Å²) < 4.78 is 13.1. The molecule has 138 valence electrons. The molecule has 1 N–H and O–H groups in total. The fourth-order valence-electron chi connectivity index (χ4n) is 2.82. The van der Waals surface area contributed by atoms with Crippen LogP contribution in [-0.2, 0) is 9.53 Å². The zero-order chi connectivity index (χ0) is 18.7. The van der Waals surface area contributed by atoms with E-state index in [1.807, 2.05) is 32.0 Å². The summed E-state index contributed by atoms with van der Waals surface area (Å²) in [6.07, 6.45) is 1.77. The Morgan fingerprint density at radius 3 is 2.92 bits per heavy atom. The molecule has 8 nitrogen and oxygen atoms in total. The molecule has 26 heavy (non-hydrogen) atoms. The number of nitrogens with zero attached hydrogens (tertiary/aromatic N) is 4. The highest BCUT2D eigenvalue weighted by Crippen LogP contribution is 2.37. The fraction of sp³-hybridized carbons (Fsp3) is 0.412. The van der Waals surface area contributed by atoms with Crippen LogP contribution in [0.4, 0.5) is 5.95 Å². The lowest BCUT2D eigenvalue weighted by Crippen LogP contribution is -2.29. The molecule has 2 aromatic rings. The second-order valence-corrected chi connectivity index (χ2v) is 6.75. The van der Waals surface area contributed by atoms with Crippen LogP contribution in [0.25, 0.3) is 0 Å². The summed E-state index contributed by atoms with van der Waals surface area (Å²) >= 11 is 3.49. The van der Waals surface area contributed by atoms with Gasteiger partial charge in [-0.15, -0.1) is 0 Å². The van der Waals surface area contributed by atoms with Gasteiger partial charge in [0, 0.05) is 5.70 Å². The number of ether oxygens (including phenoxy) is 2. The van der Waals surface area contributed by atoms with Crippen LogP contribution in [0.15, 0.2) is 33.9 Å². The summed E-state index contributed by atoms with van der Waals surface area (Å²) in [5.41, 5.74) is 2.00. The van der Waals surface area contributed by atoms with E-state index in [0.717, 1.165) is 22.9 Å². The number of aromatic nitrogens is 4. The predicted octanol–water partition coefficient (Wildman–Crippen LogP) is 3.08. The molecule has 0 amide bonds. The van der Waals surface area contributed by atoms with E-state index in [1.165, 1.54) is 0 Å². The number of unbranched alkanes of at least 4 members (excludes halogenated alkanes) is 1. The van der Waals surface area contributed by atoms with Crippen LogP contribution in [0.5, 0.6) is 5.75 Å². The number of benzene rings is 1. The SMILES string of the molecule is CCCCOC(=O)C1=C(C)Nc2nnnn2C1c1ccc(OC)c(Br)c1. The van der Waals surface area contributed by atoms with Gasteiger partial charge in [-0.2, -0.15) is 4.68 Å². The third-order valence-corrected chi connectivity index (χ3v) is 4.78. The standard InChI is InChI=1S/C17H20BrN5O3/c1-4-5-8-26-16(24)14-10(2)19-17-20-21-22-23(17)15(14)11-6-7-13(25-3)12(18)9-11/h6-7,9,15H,4-5,8H2,1-3H3,(H,19,20,22). The molecule has 1 aliphatic heterocycles. The fourth-order valence-corrected chi connectivity index (χ4v) is 3.38. The molecule has 0 saturated carbocycles. The Hall–Kier alpha value is -2.42. The van der Waals surface area contributed by atoms with Gasteiger partial charge in [0.1, 0.15) is 11.8 Å². The minimum atomic E-state index is -0.488. The van der Waals surface area contributed by atoms with Crippen molar-refractivity contribution in [2.45, 2.75) is 32.7 Å². The Morgan fingerprint density at radius 1 is 1.42 bits per heavy atom. The van der Waals surface area contributed by atoms with Gasteiger partial charge in [-0.05, 0) is 57.4 Å². The molecule has 0 radical (unpaired) electrons. The number of carbonyl (C=O) groups excluding carboxylic acids is 1. The quantitative estimate of drug-likeness (QED) is 0.565. The number of hydrogen-bond donors (Lipinski definition) is 1. The molecule has 1 atom stereocenters. The topological polar surface area (TPSA) is 91.2 Å². The highest BCUT2D eigenvalue weighted by atomic mass is 79.9. The molecule has 1 aromatic carbocycles. The number of nitrogens with one attached hydrogen (secondary N) is 1. The number of esters is 1. The van der Waals surface area contributed by atoms with Crippen molar-refractivity contribution in [2.75, 3.05) is 19.0 Å². The van der Waals surface area contributed by atoms with Crippen LogP contribution in [0.2, 0.25) is 0 Å². The predicted molar refractivity (Wildman–Crippen MR) is 98.8 cm³/mol. The van der Waals surface area contributed by atoms with Crippen LogP contribution in [0.3, 0.4) is 0 Å². The average Bonchev–Trinajstić information content (AvgIpc) is 3.08. The number of allylic oxidation sites excluding steroid dienone is 1. The average molecular weight is 422 g/mol. The first kappa shape index (κ1) is 18.4. The lowest BCUT2D eigenvalue weighted by molar-refractivity contribution is -0.139. The largest absolute Gasteiger partial charge is 0.496 e. The van der Waals surface area contributed by atoms with Crippen LogP contribution < -0.4 is 10.1 Å². The molecule has 0 aliphatic carbocycles. The van der Waals surface area contributed by atoms with E-state index in [9.17, 15) is 4.79 Å². The van der Waals surface area contributed by atoms with Crippen LogP contribution in [0, 0.1) is 0 Å². The van der Waals surface area contributed by atoms with Crippen LogP contribution >= 0.6 is 15.9 Å². The van der Waals surface area contributed by atoms with E-state index in [-0.39, 0.29) is 5.97 Å². The van der Waals surface area contributed by atoms with E-state index in [1.54, 1.807) is 11.8 Å². The van der Waals surface area contributed by atoms with Crippen molar-refractivity contribution in [3.63, 3.8) is 0 Å².